The van der Waals surface area contributed by atoms with Crippen LogP contribution < -0.4 is 5.32 Å². The maximum Gasteiger partial charge on any atom is 0.243 e. The number of carbonyl (C=O) groups excluding carboxylic acids is 1. The van der Waals surface area contributed by atoms with E-state index >= 15 is 0 Å². The summed E-state index contributed by atoms with van der Waals surface area (Å²) in [5, 5.41) is 5.37. The maximum absolute atomic E-state index is 12.7. The highest BCUT2D eigenvalue weighted by Gasteiger charge is 2.24. The molecule has 0 radical (unpaired) electrons. The highest BCUT2D eigenvalue weighted by molar-refractivity contribution is 7.09. The Morgan fingerprint density at radius 1 is 1.36 bits per heavy atom. The standard InChI is InChI=1S/C19H28N4OS/c1-14(2)18-20-8-11-23(18)15(3)19(24)21-16-6-9-22(10-7-16)13-17-5-4-12-25-17/h4-5,8,11-12,14-16H,6-7,9-10,13H2,1-3H3,(H,21,24). The molecule has 3 heterocycles. The van der Waals surface area contributed by atoms with Gasteiger partial charge in [-0.1, -0.05) is 19.9 Å². The normalized spacial score (nSPS) is 17.8. The molecule has 5 nitrogen and oxygen atoms in total. The van der Waals surface area contributed by atoms with Crippen LogP contribution in [0.2, 0.25) is 0 Å². The lowest BCUT2D eigenvalue weighted by Crippen LogP contribution is -2.46. The van der Waals surface area contributed by atoms with E-state index in [4.69, 9.17) is 0 Å². The van der Waals surface area contributed by atoms with E-state index in [1.54, 1.807) is 6.20 Å². The number of hydrogen-bond donors (Lipinski definition) is 1. The van der Waals surface area contributed by atoms with E-state index in [2.05, 4.69) is 46.6 Å². The molecule has 1 unspecified atom stereocenters. The van der Waals surface area contributed by atoms with Gasteiger partial charge in [-0.25, -0.2) is 4.98 Å². The molecule has 0 saturated carbocycles. The molecular weight excluding hydrogens is 332 g/mol. The van der Waals surface area contributed by atoms with Crippen LogP contribution in [0.5, 0.6) is 0 Å². The van der Waals surface area contributed by atoms with Crippen molar-refractivity contribution in [3.8, 4) is 0 Å². The average molecular weight is 361 g/mol. The Morgan fingerprint density at radius 2 is 2.12 bits per heavy atom. The minimum atomic E-state index is -0.218. The quantitative estimate of drug-likeness (QED) is 0.859. The summed E-state index contributed by atoms with van der Waals surface area (Å²) in [6.07, 6.45) is 5.72. The first-order chi connectivity index (χ1) is 12.0. The molecular formula is C19H28N4OS. The first kappa shape index (κ1) is 18.1. The number of amides is 1. The van der Waals surface area contributed by atoms with Gasteiger partial charge >= 0.3 is 0 Å². The molecule has 0 aliphatic carbocycles. The summed E-state index contributed by atoms with van der Waals surface area (Å²) in [5.41, 5.74) is 0. The number of aromatic nitrogens is 2. The molecule has 1 fully saturated rings. The number of carbonyl (C=O) groups is 1. The number of imidazole rings is 1. The minimum absolute atomic E-state index is 0.0941. The van der Waals surface area contributed by atoms with Gasteiger partial charge in [0, 0.05) is 48.9 Å². The molecule has 1 N–H and O–H groups in total. The number of rotatable bonds is 6. The SMILES string of the molecule is CC(C)c1nccn1C(C)C(=O)NC1CCN(Cc2cccs2)CC1. The molecule has 2 aromatic rings. The highest BCUT2D eigenvalue weighted by Crippen LogP contribution is 2.19. The first-order valence-corrected chi connectivity index (χ1v) is 10.0. The van der Waals surface area contributed by atoms with Crippen LogP contribution in [0.15, 0.2) is 29.9 Å². The second kappa shape index (κ2) is 8.15. The van der Waals surface area contributed by atoms with E-state index in [9.17, 15) is 4.79 Å². The molecule has 2 aromatic heterocycles. The Hall–Kier alpha value is -1.66. The van der Waals surface area contributed by atoms with Crippen LogP contribution in [-0.4, -0.2) is 39.5 Å². The van der Waals surface area contributed by atoms with Gasteiger partial charge in [-0.2, -0.15) is 0 Å². The van der Waals surface area contributed by atoms with Crippen molar-refractivity contribution in [2.45, 2.75) is 58.2 Å². The second-order valence-corrected chi connectivity index (χ2v) is 8.19. The molecule has 1 aliphatic rings. The zero-order valence-corrected chi connectivity index (χ0v) is 16.1. The third-order valence-electron chi connectivity index (χ3n) is 4.91. The van der Waals surface area contributed by atoms with Gasteiger partial charge in [0.1, 0.15) is 11.9 Å². The lowest BCUT2D eigenvalue weighted by molar-refractivity contribution is -0.125. The second-order valence-electron chi connectivity index (χ2n) is 7.16. The number of piperidine rings is 1. The van der Waals surface area contributed by atoms with Crippen molar-refractivity contribution < 1.29 is 4.79 Å². The summed E-state index contributed by atoms with van der Waals surface area (Å²) in [6.45, 7) is 9.27. The Labute approximate surface area is 154 Å². The number of nitrogens with one attached hydrogen (secondary N) is 1. The smallest absolute Gasteiger partial charge is 0.243 e. The summed E-state index contributed by atoms with van der Waals surface area (Å²) < 4.78 is 1.99. The minimum Gasteiger partial charge on any atom is -0.351 e. The van der Waals surface area contributed by atoms with Crippen LogP contribution in [-0.2, 0) is 11.3 Å². The zero-order chi connectivity index (χ0) is 17.8. The summed E-state index contributed by atoms with van der Waals surface area (Å²) in [4.78, 5) is 20.9. The Kier molecular flexibility index (Phi) is 5.91. The van der Waals surface area contributed by atoms with Crippen molar-refractivity contribution in [2.24, 2.45) is 0 Å². The van der Waals surface area contributed by atoms with Crippen molar-refractivity contribution in [3.63, 3.8) is 0 Å². The molecule has 1 atom stereocenters. The lowest BCUT2D eigenvalue weighted by atomic mass is 10.0. The summed E-state index contributed by atoms with van der Waals surface area (Å²) in [5.74, 6) is 1.37. The Morgan fingerprint density at radius 3 is 2.76 bits per heavy atom. The van der Waals surface area contributed by atoms with Crippen molar-refractivity contribution in [1.29, 1.82) is 0 Å². The van der Waals surface area contributed by atoms with Gasteiger partial charge in [0.15, 0.2) is 0 Å². The first-order valence-electron chi connectivity index (χ1n) is 9.12. The van der Waals surface area contributed by atoms with Gasteiger partial charge in [0.2, 0.25) is 5.91 Å². The molecule has 136 valence electrons. The van der Waals surface area contributed by atoms with Gasteiger partial charge in [0.25, 0.3) is 0 Å². The third-order valence-corrected chi connectivity index (χ3v) is 5.77. The van der Waals surface area contributed by atoms with Gasteiger partial charge in [-0.05, 0) is 31.2 Å². The Balaban J connectivity index is 1.49. The maximum atomic E-state index is 12.7. The highest BCUT2D eigenvalue weighted by atomic mass is 32.1. The molecule has 0 bridgehead atoms. The molecule has 1 aliphatic heterocycles. The number of nitrogens with zero attached hydrogens (tertiary/aromatic N) is 3. The van der Waals surface area contributed by atoms with Gasteiger partial charge in [-0.15, -0.1) is 11.3 Å². The number of hydrogen-bond acceptors (Lipinski definition) is 4. The van der Waals surface area contributed by atoms with Crippen molar-refractivity contribution >= 4 is 17.2 Å². The van der Waals surface area contributed by atoms with E-state index in [0.717, 1.165) is 38.3 Å². The topological polar surface area (TPSA) is 50.2 Å². The summed E-state index contributed by atoms with van der Waals surface area (Å²) >= 11 is 1.81. The average Bonchev–Trinajstić information content (AvgIpc) is 3.27. The largest absolute Gasteiger partial charge is 0.351 e. The molecule has 25 heavy (non-hydrogen) atoms. The van der Waals surface area contributed by atoms with Crippen LogP contribution in [0.25, 0.3) is 0 Å². The van der Waals surface area contributed by atoms with Crippen LogP contribution in [0.4, 0.5) is 0 Å². The molecule has 0 spiro atoms. The van der Waals surface area contributed by atoms with E-state index in [1.165, 1.54) is 4.88 Å². The molecule has 3 rings (SSSR count). The van der Waals surface area contributed by atoms with Gasteiger partial charge in [0.05, 0.1) is 0 Å². The van der Waals surface area contributed by atoms with E-state index in [0.29, 0.717) is 5.92 Å². The Bertz CT molecular complexity index is 671. The van der Waals surface area contributed by atoms with E-state index < -0.39 is 0 Å². The van der Waals surface area contributed by atoms with Crippen LogP contribution >= 0.6 is 11.3 Å². The summed E-state index contributed by atoms with van der Waals surface area (Å²) in [7, 11) is 0. The van der Waals surface area contributed by atoms with Crippen LogP contribution in [0, 0.1) is 0 Å². The fraction of sp³-hybridized carbons (Fsp3) is 0.579. The van der Waals surface area contributed by atoms with Crippen LogP contribution in [0.3, 0.4) is 0 Å². The van der Waals surface area contributed by atoms with Crippen molar-refractivity contribution in [2.75, 3.05) is 13.1 Å². The zero-order valence-electron chi connectivity index (χ0n) is 15.3. The van der Waals surface area contributed by atoms with Crippen molar-refractivity contribution in [3.05, 3.63) is 40.6 Å². The predicted octanol–water partition coefficient (Wildman–Crippen LogP) is 3.41. The summed E-state index contributed by atoms with van der Waals surface area (Å²) in [6, 6.07) is 4.36. The van der Waals surface area contributed by atoms with Crippen molar-refractivity contribution in [1.82, 2.24) is 19.8 Å². The molecule has 1 saturated heterocycles. The molecule has 1 amide bonds. The predicted molar refractivity (Wildman–Crippen MR) is 102 cm³/mol. The van der Waals surface area contributed by atoms with Crippen LogP contribution in [0.1, 0.15) is 56.3 Å². The monoisotopic (exact) mass is 360 g/mol. The molecule has 6 heteroatoms. The number of thiophene rings is 1. The molecule has 0 aromatic carbocycles. The fourth-order valence-corrected chi connectivity index (χ4v) is 4.15. The fourth-order valence-electron chi connectivity index (χ4n) is 3.41. The third kappa shape index (κ3) is 4.50. The lowest BCUT2D eigenvalue weighted by Gasteiger charge is -2.32. The van der Waals surface area contributed by atoms with E-state index in [-0.39, 0.29) is 18.0 Å². The van der Waals surface area contributed by atoms with E-state index in [1.807, 2.05) is 29.0 Å². The van der Waals surface area contributed by atoms with Gasteiger partial charge < -0.3 is 9.88 Å². The number of likely N-dealkylation sites (tertiary alicyclic amines) is 1. The van der Waals surface area contributed by atoms with Gasteiger partial charge in [-0.3, -0.25) is 9.69 Å².